The first-order valence-electron chi connectivity index (χ1n) is 7.57. The number of halogens is 1. The average molecular weight is 362 g/mol. The molecule has 116 valence electrons. The Morgan fingerprint density at radius 3 is 2.50 bits per heavy atom. The summed E-state index contributed by atoms with van der Waals surface area (Å²) >= 11 is 3.44. The lowest BCUT2D eigenvalue weighted by Gasteiger charge is -2.34. The fraction of sp³-hybridized carbons (Fsp3) is 0.375. The van der Waals surface area contributed by atoms with Crippen molar-refractivity contribution in [2.75, 3.05) is 42.9 Å². The van der Waals surface area contributed by atoms with E-state index in [2.05, 4.69) is 47.9 Å². The summed E-state index contributed by atoms with van der Waals surface area (Å²) in [4.78, 5) is 13.7. The number of rotatable bonds is 4. The van der Waals surface area contributed by atoms with Gasteiger partial charge in [0.15, 0.2) is 0 Å². The Kier molecular flexibility index (Phi) is 4.90. The minimum Gasteiger partial charge on any atom is -0.354 e. The van der Waals surface area contributed by atoms with E-state index in [-0.39, 0.29) is 0 Å². The molecule has 1 aromatic heterocycles. The van der Waals surface area contributed by atoms with Crippen LogP contribution in [0.3, 0.4) is 0 Å². The van der Waals surface area contributed by atoms with Crippen molar-refractivity contribution in [2.45, 2.75) is 6.92 Å². The van der Waals surface area contributed by atoms with Gasteiger partial charge in [-0.15, -0.1) is 0 Å². The van der Waals surface area contributed by atoms with E-state index in [9.17, 15) is 0 Å². The third-order valence-corrected chi connectivity index (χ3v) is 4.41. The van der Waals surface area contributed by atoms with E-state index in [0.29, 0.717) is 5.95 Å². The zero-order valence-electron chi connectivity index (χ0n) is 12.7. The van der Waals surface area contributed by atoms with Crippen molar-refractivity contribution in [3.8, 4) is 0 Å². The quantitative estimate of drug-likeness (QED) is 0.906. The van der Waals surface area contributed by atoms with Crippen molar-refractivity contribution < 1.29 is 0 Å². The van der Waals surface area contributed by atoms with Crippen LogP contribution >= 0.6 is 15.9 Å². The molecule has 6 heteroatoms. The number of anilines is 3. The first kappa shape index (κ1) is 15.2. The second-order valence-corrected chi connectivity index (χ2v) is 6.21. The maximum absolute atomic E-state index is 4.64. The Morgan fingerprint density at radius 1 is 1.09 bits per heavy atom. The van der Waals surface area contributed by atoms with E-state index in [1.54, 1.807) is 0 Å². The number of nitrogens with zero attached hydrogens (tertiary/aromatic N) is 4. The van der Waals surface area contributed by atoms with Gasteiger partial charge in [0, 0.05) is 42.5 Å². The van der Waals surface area contributed by atoms with Crippen LogP contribution in [0.15, 0.2) is 41.0 Å². The molecule has 2 heterocycles. The number of nitrogens with one attached hydrogen (secondary N) is 1. The van der Waals surface area contributed by atoms with Gasteiger partial charge in [-0.1, -0.05) is 22.9 Å². The Hall–Kier alpha value is -1.66. The largest absolute Gasteiger partial charge is 0.354 e. The lowest BCUT2D eigenvalue weighted by Crippen LogP contribution is -2.46. The van der Waals surface area contributed by atoms with Gasteiger partial charge in [-0.3, -0.25) is 0 Å². The second kappa shape index (κ2) is 7.07. The smallest absolute Gasteiger partial charge is 0.229 e. The maximum atomic E-state index is 4.64. The summed E-state index contributed by atoms with van der Waals surface area (Å²) in [6, 6.07) is 9.97. The fourth-order valence-electron chi connectivity index (χ4n) is 2.54. The first-order valence-corrected chi connectivity index (χ1v) is 8.37. The summed E-state index contributed by atoms with van der Waals surface area (Å²) in [6.45, 7) is 7.55. The lowest BCUT2D eigenvalue weighted by molar-refractivity contribution is 0.270. The van der Waals surface area contributed by atoms with Crippen LogP contribution in [0.25, 0.3) is 0 Å². The monoisotopic (exact) mass is 361 g/mol. The van der Waals surface area contributed by atoms with Crippen molar-refractivity contribution in [1.29, 1.82) is 0 Å². The maximum Gasteiger partial charge on any atom is 0.229 e. The van der Waals surface area contributed by atoms with Gasteiger partial charge in [-0.2, -0.15) is 4.98 Å². The minimum absolute atomic E-state index is 0.637. The van der Waals surface area contributed by atoms with Gasteiger partial charge in [0.05, 0.1) is 0 Å². The zero-order valence-corrected chi connectivity index (χ0v) is 14.3. The SMILES string of the molecule is CCN1CCN(c2ccnc(Nc3ccc(Br)cc3)n2)CC1. The molecule has 1 aliphatic rings. The van der Waals surface area contributed by atoms with Crippen LogP contribution in [0.4, 0.5) is 17.5 Å². The molecule has 0 amide bonds. The molecular formula is C16H20BrN5. The summed E-state index contributed by atoms with van der Waals surface area (Å²) in [5.41, 5.74) is 0.983. The van der Waals surface area contributed by atoms with Gasteiger partial charge >= 0.3 is 0 Å². The number of aromatic nitrogens is 2. The summed E-state index contributed by atoms with van der Waals surface area (Å²) in [6.07, 6.45) is 1.82. The molecule has 1 aromatic carbocycles. The minimum atomic E-state index is 0.637. The normalized spacial score (nSPS) is 15.8. The molecule has 1 N–H and O–H groups in total. The van der Waals surface area contributed by atoms with E-state index in [1.807, 2.05) is 36.5 Å². The van der Waals surface area contributed by atoms with Crippen LogP contribution in [-0.2, 0) is 0 Å². The van der Waals surface area contributed by atoms with Crippen molar-refractivity contribution in [2.24, 2.45) is 0 Å². The molecule has 0 aliphatic carbocycles. The van der Waals surface area contributed by atoms with E-state index >= 15 is 0 Å². The molecule has 1 saturated heterocycles. The molecule has 0 unspecified atom stereocenters. The molecule has 1 fully saturated rings. The van der Waals surface area contributed by atoms with Crippen LogP contribution in [-0.4, -0.2) is 47.6 Å². The fourth-order valence-corrected chi connectivity index (χ4v) is 2.81. The van der Waals surface area contributed by atoms with Gasteiger partial charge in [0.1, 0.15) is 5.82 Å². The molecular weight excluding hydrogens is 342 g/mol. The lowest BCUT2D eigenvalue weighted by atomic mass is 10.3. The number of benzene rings is 1. The number of piperazine rings is 1. The zero-order chi connectivity index (χ0) is 15.4. The van der Waals surface area contributed by atoms with Crippen LogP contribution in [0.5, 0.6) is 0 Å². The van der Waals surface area contributed by atoms with E-state index in [0.717, 1.165) is 48.7 Å². The predicted octanol–water partition coefficient (Wildman–Crippen LogP) is 3.12. The Morgan fingerprint density at radius 2 is 1.82 bits per heavy atom. The van der Waals surface area contributed by atoms with Gasteiger partial charge in [0.25, 0.3) is 0 Å². The van der Waals surface area contributed by atoms with E-state index in [1.165, 1.54) is 0 Å². The summed E-state index contributed by atoms with van der Waals surface area (Å²) in [7, 11) is 0. The van der Waals surface area contributed by atoms with Crippen LogP contribution in [0.2, 0.25) is 0 Å². The molecule has 3 rings (SSSR count). The van der Waals surface area contributed by atoms with Crippen LogP contribution in [0.1, 0.15) is 6.92 Å². The molecule has 0 saturated carbocycles. The number of hydrogen-bond acceptors (Lipinski definition) is 5. The summed E-state index contributed by atoms with van der Waals surface area (Å²) in [5.74, 6) is 1.63. The highest BCUT2D eigenvalue weighted by molar-refractivity contribution is 9.10. The second-order valence-electron chi connectivity index (χ2n) is 5.29. The summed E-state index contributed by atoms with van der Waals surface area (Å²) in [5, 5.41) is 3.25. The van der Waals surface area contributed by atoms with Gasteiger partial charge in [-0.25, -0.2) is 4.98 Å². The highest BCUT2D eigenvalue weighted by Gasteiger charge is 2.17. The third kappa shape index (κ3) is 3.75. The van der Waals surface area contributed by atoms with Crippen molar-refractivity contribution >= 4 is 33.4 Å². The van der Waals surface area contributed by atoms with E-state index in [4.69, 9.17) is 0 Å². The molecule has 0 atom stereocenters. The molecule has 0 bridgehead atoms. The number of hydrogen-bond donors (Lipinski definition) is 1. The topological polar surface area (TPSA) is 44.3 Å². The van der Waals surface area contributed by atoms with Gasteiger partial charge < -0.3 is 15.1 Å². The van der Waals surface area contributed by atoms with Gasteiger partial charge in [-0.05, 0) is 36.9 Å². The number of likely N-dealkylation sites (N-methyl/N-ethyl adjacent to an activating group) is 1. The molecule has 0 radical (unpaired) electrons. The third-order valence-electron chi connectivity index (χ3n) is 3.88. The molecule has 5 nitrogen and oxygen atoms in total. The Bertz CT molecular complexity index is 608. The highest BCUT2D eigenvalue weighted by atomic mass is 79.9. The van der Waals surface area contributed by atoms with E-state index < -0.39 is 0 Å². The van der Waals surface area contributed by atoms with Crippen molar-refractivity contribution in [1.82, 2.24) is 14.9 Å². The Labute approximate surface area is 139 Å². The van der Waals surface area contributed by atoms with Crippen LogP contribution < -0.4 is 10.2 Å². The standard InChI is InChI=1S/C16H20BrN5/c1-2-21-9-11-22(12-10-21)15-7-8-18-16(20-15)19-14-5-3-13(17)4-6-14/h3-8H,2,9-12H2,1H3,(H,18,19,20). The van der Waals surface area contributed by atoms with Crippen LogP contribution in [0, 0.1) is 0 Å². The first-order chi connectivity index (χ1) is 10.7. The van der Waals surface area contributed by atoms with Crippen molar-refractivity contribution in [3.05, 3.63) is 41.0 Å². The van der Waals surface area contributed by atoms with Gasteiger partial charge in [0.2, 0.25) is 5.95 Å². The highest BCUT2D eigenvalue weighted by Crippen LogP contribution is 2.19. The summed E-state index contributed by atoms with van der Waals surface area (Å²) < 4.78 is 1.06. The molecule has 22 heavy (non-hydrogen) atoms. The molecule has 2 aromatic rings. The predicted molar refractivity (Wildman–Crippen MR) is 93.8 cm³/mol. The molecule has 0 spiro atoms. The molecule has 1 aliphatic heterocycles. The van der Waals surface area contributed by atoms with Crippen molar-refractivity contribution in [3.63, 3.8) is 0 Å². The average Bonchev–Trinajstić information content (AvgIpc) is 2.57. The Balaban J connectivity index is 1.68.